The molecule has 2 heterocycles. The van der Waals surface area contributed by atoms with Gasteiger partial charge in [0.25, 0.3) is 5.91 Å². The van der Waals surface area contributed by atoms with Crippen molar-refractivity contribution in [2.24, 2.45) is 12.8 Å². The summed E-state index contributed by atoms with van der Waals surface area (Å²) in [5, 5.41) is 3.99. The van der Waals surface area contributed by atoms with Gasteiger partial charge in [-0.25, -0.2) is 0 Å². The summed E-state index contributed by atoms with van der Waals surface area (Å²) in [5.74, 6) is -0.550. The van der Waals surface area contributed by atoms with E-state index in [2.05, 4.69) is 16.0 Å². The molecule has 1 aliphatic carbocycles. The van der Waals surface area contributed by atoms with Crippen molar-refractivity contribution in [3.63, 3.8) is 0 Å². The zero-order valence-corrected chi connectivity index (χ0v) is 13.9. The second kappa shape index (κ2) is 5.88. The summed E-state index contributed by atoms with van der Waals surface area (Å²) < 4.78 is 14.0. The number of fused-ring (bicyclic) bond motifs is 3. The van der Waals surface area contributed by atoms with Crippen LogP contribution in [0.3, 0.4) is 0 Å². The number of amides is 1. The number of hydrogen-bond acceptors (Lipinski definition) is 4. The zero-order valence-electron chi connectivity index (χ0n) is 13.9. The minimum absolute atomic E-state index is 0.0768. The maximum atomic E-state index is 12.5. The molecular weight excluding hydrogens is 306 g/mol. The van der Waals surface area contributed by atoms with E-state index < -0.39 is 5.79 Å². The Morgan fingerprint density at radius 3 is 2.92 bits per heavy atom. The smallest absolute Gasteiger partial charge is 0.253 e. The number of para-hydroxylation sites is 1. The average molecular weight is 329 g/mol. The van der Waals surface area contributed by atoms with Crippen LogP contribution in [-0.2, 0) is 29.4 Å². The molecule has 1 aromatic carbocycles. The highest BCUT2D eigenvalue weighted by atomic mass is 16.7. The van der Waals surface area contributed by atoms with Crippen molar-refractivity contribution in [2.45, 2.75) is 25.0 Å². The van der Waals surface area contributed by atoms with Crippen LogP contribution in [-0.4, -0.2) is 42.6 Å². The molecule has 3 N–H and O–H groups in total. The highest BCUT2D eigenvalue weighted by molar-refractivity contribution is 6.07. The van der Waals surface area contributed by atoms with Crippen LogP contribution in [0, 0.1) is 0 Å². The number of hydrogen-bond donors (Lipinski definition) is 2. The molecule has 6 heteroatoms. The molecule has 0 bridgehead atoms. The predicted octanol–water partition coefficient (Wildman–Crippen LogP) is 1.10. The van der Waals surface area contributed by atoms with Crippen LogP contribution in [0.4, 0.5) is 0 Å². The largest absolute Gasteiger partial charge is 0.351 e. The SMILES string of the molecule is Cn1c2c(c3cccc(C(=O)NCCN)c31)CC1(CC2)OCCO1. The highest BCUT2D eigenvalue weighted by Crippen LogP contribution is 2.40. The van der Waals surface area contributed by atoms with Gasteiger partial charge in [-0.05, 0) is 18.1 Å². The Balaban J connectivity index is 1.80. The van der Waals surface area contributed by atoms with Crippen LogP contribution < -0.4 is 11.1 Å². The summed E-state index contributed by atoms with van der Waals surface area (Å²) >= 11 is 0. The van der Waals surface area contributed by atoms with Gasteiger partial charge in [0, 0.05) is 44.1 Å². The van der Waals surface area contributed by atoms with Crippen molar-refractivity contribution in [3.05, 3.63) is 35.0 Å². The second-order valence-corrected chi connectivity index (χ2v) is 6.51. The van der Waals surface area contributed by atoms with Gasteiger partial charge in [-0.1, -0.05) is 12.1 Å². The first-order valence-corrected chi connectivity index (χ1v) is 8.50. The minimum atomic E-state index is -0.473. The van der Waals surface area contributed by atoms with Crippen molar-refractivity contribution in [1.29, 1.82) is 0 Å². The first kappa shape index (κ1) is 15.6. The molecule has 128 valence electrons. The second-order valence-electron chi connectivity index (χ2n) is 6.51. The van der Waals surface area contributed by atoms with E-state index in [1.165, 1.54) is 11.3 Å². The molecule has 1 spiro atoms. The molecule has 1 saturated heterocycles. The van der Waals surface area contributed by atoms with Crippen molar-refractivity contribution < 1.29 is 14.3 Å². The molecule has 1 fully saturated rings. The molecule has 2 aromatic rings. The first-order chi connectivity index (χ1) is 11.7. The quantitative estimate of drug-likeness (QED) is 0.884. The lowest BCUT2D eigenvalue weighted by molar-refractivity contribution is -0.163. The first-order valence-electron chi connectivity index (χ1n) is 8.50. The van der Waals surface area contributed by atoms with Crippen molar-refractivity contribution in [1.82, 2.24) is 9.88 Å². The molecule has 6 nitrogen and oxygen atoms in total. The number of benzene rings is 1. The third-order valence-electron chi connectivity index (χ3n) is 5.13. The predicted molar refractivity (Wildman–Crippen MR) is 91.0 cm³/mol. The maximum Gasteiger partial charge on any atom is 0.253 e. The minimum Gasteiger partial charge on any atom is -0.351 e. The normalized spacial score (nSPS) is 18.9. The van der Waals surface area contributed by atoms with Gasteiger partial charge in [0.2, 0.25) is 0 Å². The molecule has 4 rings (SSSR count). The van der Waals surface area contributed by atoms with E-state index in [0.29, 0.717) is 31.9 Å². The Kier molecular flexibility index (Phi) is 3.83. The number of aromatic nitrogens is 1. The average Bonchev–Trinajstić information content (AvgIpc) is 3.16. The molecule has 0 saturated carbocycles. The summed E-state index contributed by atoms with van der Waals surface area (Å²) in [5.41, 5.74) is 9.69. The van der Waals surface area contributed by atoms with E-state index in [4.69, 9.17) is 15.2 Å². The number of carbonyl (C=O) groups excluding carboxylic acids is 1. The van der Waals surface area contributed by atoms with Crippen molar-refractivity contribution >= 4 is 16.8 Å². The lowest BCUT2D eigenvalue weighted by atomic mass is 9.90. The van der Waals surface area contributed by atoms with Gasteiger partial charge in [-0.15, -0.1) is 0 Å². The maximum absolute atomic E-state index is 12.5. The molecular formula is C18H23N3O3. The zero-order chi connectivity index (χ0) is 16.7. The monoisotopic (exact) mass is 329 g/mol. The number of aryl methyl sites for hydroxylation is 1. The van der Waals surface area contributed by atoms with E-state index in [-0.39, 0.29) is 5.91 Å². The lowest BCUT2D eigenvalue weighted by Crippen LogP contribution is -2.37. The van der Waals surface area contributed by atoms with E-state index >= 15 is 0 Å². The molecule has 2 aliphatic rings. The number of carbonyl (C=O) groups is 1. The van der Waals surface area contributed by atoms with Gasteiger partial charge < -0.3 is 25.1 Å². The van der Waals surface area contributed by atoms with Gasteiger partial charge in [-0.2, -0.15) is 0 Å². The summed E-state index contributed by atoms with van der Waals surface area (Å²) in [6, 6.07) is 5.90. The number of nitrogens with zero attached hydrogens (tertiary/aromatic N) is 1. The fraction of sp³-hybridized carbons (Fsp3) is 0.500. The Bertz CT molecular complexity index is 790. The third-order valence-corrected chi connectivity index (χ3v) is 5.13. The summed E-state index contributed by atoms with van der Waals surface area (Å²) in [4.78, 5) is 12.5. The summed E-state index contributed by atoms with van der Waals surface area (Å²) in [6.45, 7) is 2.23. The molecule has 1 amide bonds. The highest BCUT2D eigenvalue weighted by Gasteiger charge is 2.41. The molecule has 0 unspecified atom stereocenters. The van der Waals surface area contributed by atoms with Crippen molar-refractivity contribution in [2.75, 3.05) is 26.3 Å². The van der Waals surface area contributed by atoms with Crippen LogP contribution in [0.5, 0.6) is 0 Å². The van der Waals surface area contributed by atoms with Crippen LogP contribution in [0.2, 0.25) is 0 Å². The van der Waals surface area contributed by atoms with Crippen LogP contribution in [0.25, 0.3) is 10.9 Å². The summed E-state index contributed by atoms with van der Waals surface area (Å²) in [6.07, 6.45) is 2.50. The van der Waals surface area contributed by atoms with Crippen LogP contribution >= 0.6 is 0 Å². The van der Waals surface area contributed by atoms with Gasteiger partial charge in [-0.3, -0.25) is 4.79 Å². The Hall–Kier alpha value is -1.89. The Labute approximate surface area is 140 Å². The van der Waals surface area contributed by atoms with E-state index in [0.717, 1.165) is 30.2 Å². The molecule has 0 atom stereocenters. The fourth-order valence-corrected chi connectivity index (χ4v) is 4.03. The van der Waals surface area contributed by atoms with Gasteiger partial charge in [0.05, 0.1) is 24.3 Å². The Morgan fingerprint density at radius 1 is 1.38 bits per heavy atom. The molecule has 1 aromatic heterocycles. The Morgan fingerprint density at radius 2 is 2.17 bits per heavy atom. The molecule has 24 heavy (non-hydrogen) atoms. The third kappa shape index (κ3) is 2.33. The fourth-order valence-electron chi connectivity index (χ4n) is 4.03. The number of nitrogens with two attached hydrogens (primary N) is 1. The molecule has 1 aliphatic heterocycles. The number of rotatable bonds is 3. The van der Waals surface area contributed by atoms with Crippen LogP contribution in [0.1, 0.15) is 28.0 Å². The topological polar surface area (TPSA) is 78.5 Å². The van der Waals surface area contributed by atoms with Gasteiger partial charge >= 0.3 is 0 Å². The standard InChI is InChI=1S/C18H23N3O3/c1-21-15-5-6-18(23-9-10-24-18)11-14(15)12-3-2-4-13(16(12)21)17(22)20-8-7-19/h2-4H,5-11,19H2,1H3,(H,20,22). The van der Waals surface area contributed by atoms with E-state index in [1.807, 2.05) is 19.2 Å². The molecule has 0 radical (unpaired) electrons. The lowest BCUT2D eigenvalue weighted by Gasteiger charge is -2.32. The van der Waals surface area contributed by atoms with Crippen LogP contribution in [0.15, 0.2) is 18.2 Å². The van der Waals surface area contributed by atoms with E-state index in [9.17, 15) is 4.79 Å². The number of nitrogens with one attached hydrogen (secondary N) is 1. The van der Waals surface area contributed by atoms with E-state index in [1.54, 1.807) is 0 Å². The summed E-state index contributed by atoms with van der Waals surface area (Å²) in [7, 11) is 2.04. The van der Waals surface area contributed by atoms with Crippen molar-refractivity contribution in [3.8, 4) is 0 Å². The van der Waals surface area contributed by atoms with Gasteiger partial charge in [0.1, 0.15) is 0 Å². The van der Waals surface area contributed by atoms with Gasteiger partial charge in [0.15, 0.2) is 5.79 Å². The number of ether oxygens (including phenoxy) is 2.